The predicted molar refractivity (Wildman–Crippen MR) is 106 cm³/mol. The van der Waals surface area contributed by atoms with Gasteiger partial charge in [-0.25, -0.2) is 4.39 Å². The Balaban J connectivity index is 1.36. The van der Waals surface area contributed by atoms with E-state index >= 15 is 0 Å². The number of fused-ring (bicyclic) bond motifs is 1. The maximum atomic E-state index is 13.4. The zero-order valence-electron chi connectivity index (χ0n) is 15.6. The number of halogens is 2. The highest BCUT2D eigenvalue weighted by Crippen LogP contribution is 2.28. The molecule has 0 aliphatic carbocycles. The van der Waals surface area contributed by atoms with E-state index in [1.165, 1.54) is 12.1 Å². The Morgan fingerprint density at radius 2 is 2.14 bits per heavy atom. The first-order valence-corrected chi connectivity index (χ1v) is 9.77. The van der Waals surface area contributed by atoms with E-state index in [1.54, 1.807) is 23.1 Å². The normalized spacial score (nSPS) is 18.8. The van der Waals surface area contributed by atoms with Gasteiger partial charge in [0.05, 0.1) is 18.2 Å². The smallest absolute Gasteiger partial charge is 0.260 e. The first-order chi connectivity index (χ1) is 14.0. The minimum absolute atomic E-state index is 0.00524. The lowest BCUT2D eigenvalue weighted by molar-refractivity contribution is -0.141. The van der Waals surface area contributed by atoms with Crippen LogP contribution in [0.2, 0.25) is 5.02 Å². The van der Waals surface area contributed by atoms with Crippen LogP contribution in [-0.4, -0.2) is 43.0 Å². The van der Waals surface area contributed by atoms with Gasteiger partial charge in [-0.15, -0.1) is 0 Å². The average Bonchev–Trinajstić information content (AvgIpc) is 2.74. The Labute approximate surface area is 172 Å². The number of hydrogen-bond donors (Lipinski definition) is 1. The zero-order chi connectivity index (χ0) is 20.4. The summed E-state index contributed by atoms with van der Waals surface area (Å²) in [5.41, 5.74) is 2.51. The molecule has 2 amide bonds. The van der Waals surface area contributed by atoms with Gasteiger partial charge in [0.15, 0.2) is 6.61 Å². The van der Waals surface area contributed by atoms with Gasteiger partial charge in [0, 0.05) is 18.7 Å². The summed E-state index contributed by atoms with van der Waals surface area (Å²) in [5, 5.41) is 2.84. The number of nitrogens with zero attached hydrogens (tertiary/aromatic N) is 1. The largest absolute Gasteiger partial charge is 0.484 e. The van der Waals surface area contributed by atoms with Crippen molar-refractivity contribution in [1.29, 1.82) is 0 Å². The third kappa shape index (κ3) is 4.52. The molecule has 29 heavy (non-hydrogen) atoms. The highest BCUT2D eigenvalue weighted by molar-refractivity contribution is 6.30. The summed E-state index contributed by atoms with van der Waals surface area (Å²) >= 11 is 5.85. The highest BCUT2D eigenvalue weighted by atomic mass is 35.5. The molecule has 2 aromatic rings. The number of anilines is 1. The Kier molecular flexibility index (Phi) is 5.69. The van der Waals surface area contributed by atoms with Gasteiger partial charge >= 0.3 is 0 Å². The second-order valence-electron chi connectivity index (χ2n) is 7.03. The molecule has 0 radical (unpaired) electrons. The van der Waals surface area contributed by atoms with Crippen molar-refractivity contribution in [2.24, 2.45) is 0 Å². The Bertz CT molecular complexity index is 952. The summed E-state index contributed by atoms with van der Waals surface area (Å²) in [7, 11) is 0. The molecule has 0 spiro atoms. The fraction of sp³-hybridized carbons (Fsp3) is 0.333. The number of nitrogens with one attached hydrogen (secondary N) is 1. The number of hydrogen-bond acceptors (Lipinski definition) is 4. The van der Waals surface area contributed by atoms with Crippen LogP contribution in [0.4, 0.5) is 10.1 Å². The maximum Gasteiger partial charge on any atom is 0.260 e. The van der Waals surface area contributed by atoms with E-state index in [4.69, 9.17) is 21.1 Å². The topological polar surface area (TPSA) is 67.9 Å². The molecule has 1 N–H and O–H groups in total. The number of benzene rings is 2. The van der Waals surface area contributed by atoms with E-state index < -0.39 is 5.82 Å². The molecule has 1 saturated heterocycles. The zero-order valence-corrected chi connectivity index (χ0v) is 16.4. The van der Waals surface area contributed by atoms with Crippen molar-refractivity contribution in [3.63, 3.8) is 0 Å². The van der Waals surface area contributed by atoms with E-state index in [1.807, 2.05) is 6.07 Å². The van der Waals surface area contributed by atoms with Crippen molar-refractivity contribution in [2.75, 3.05) is 31.6 Å². The van der Waals surface area contributed by atoms with E-state index in [0.717, 1.165) is 16.8 Å². The molecule has 2 aliphatic rings. The van der Waals surface area contributed by atoms with Gasteiger partial charge in [-0.2, -0.15) is 0 Å². The molecule has 6 nitrogen and oxygen atoms in total. The number of morpholine rings is 1. The summed E-state index contributed by atoms with van der Waals surface area (Å²) < 4.78 is 24.8. The Morgan fingerprint density at radius 3 is 2.97 bits per heavy atom. The molecule has 0 aromatic heterocycles. The standard InChI is InChI=1S/C21H20ClFN2O4/c22-16-10-14(1-4-17(16)23)19-11-25(7-8-28-19)21(27)12-29-15-3-5-18-13(9-15)2-6-20(26)24-18/h1,3-5,9-10,19H,2,6-8,11-12H2,(H,24,26). The maximum absolute atomic E-state index is 13.4. The second-order valence-corrected chi connectivity index (χ2v) is 7.44. The lowest BCUT2D eigenvalue weighted by Gasteiger charge is -2.33. The third-order valence-corrected chi connectivity index (χ3v) is 5.36. The lowest BCUT2D eigenvalue weighted by Crippen LogP contribution is -2.44. The highest BCUT2D eigenvalue weighted by Gasteiger charge is 2.26. The quantitative estimate of drug-likeness (QED) is 0.826. The van der Waals surface area contributed by atoms with Crippen LogP contribution in [0.25, 0.3) is 0 Å². The fourth-order valence-corrected chi connectivity index (χ4v) is 3.67. The Hall–Kier alpha value is -2.64. The van der Waals surface area contributed by atoms with Gasteiger partial charge in [0.2, 0.25) is 5.91 Å². The van der Waals surface area contributed by atoms with Crippen LogP contribution < -0.4 is 10.1 Å². The summed E-state index contributed by atoms with van der Waals surface area (Å²) in [5.74, 6) is -0.0521. The van der Waals surface area contributed by atoms with Gasteiger partial charge in [-0.05, 0) is 47.9 Å². The summed E-state index contributed by atoms with van der Waals surface area (Å²) in [6.07, 6.45) is 0.730. The monoisotopic (exact) mass is 418 g/mol. The van der Waals surface area contributed by atoms with Crippen LogP contribution in [0.5, 0.6) is 5.75 Å². The van der Waals surface area contributed by atoms with Crippen molar-refractivity contribution < 1.29 is 23.5 Å². The van der Waals surface area contributed by atoms with Crippen LogP contribution in [0, 0.1) is 5.82 Å². The molecule has 1 fully saturated rings. The van der Waals surface area contributed by atoms with Crippen molar-refractivity contribution in [2.45, 2.75) is 18.9 Å². The molecule has 0 saturated carbocycles. The van der Waals surface area contributed by atoms with Gasteiger partial charge in [-0.3, -0.25) is 9.59 Å². The molecule has 4 rings (SSSR count). The number of carbonyl (C=O) groups is 2. The van der Waals surface area contributed by atoms with E-state index in [2.05, 4.69) is 5.32 Å². The molecule has 2 heterocycles. The van der Waals surface area contributed by atoms with Crippen LogP contribution in [0.3, 0.4) is 0 Å². The minimum Gasteiger partial charge on any atom is -0.484 e. The summed E-state index contributed by atoms with van der Waals surface area (Å²) in [6, 6.07) is 9.81. The van der Waals surface area contributed by atoms with Crippen LogP contribution >= 0.6 is 11.6 Å². The van der Waals surface area contributed by atoms with Crippen molar-refractivity contribution in [3.05, 3.63) is 58.4 Å². The molecular weight excluding hydrogens is 399 g/mol. The minimum atomic E-state index is -0.489. The number of carbonyl (C=O) groups excluding carboxylic acids is 2. The van der Waals surface area contributed by atoms with Crippen LogP contribution in [0.1, 0.15) is 23.7 Å². The SMILES string of the molecule is O=C1CCc2cc(OCC(=O)N3CCOC(c4ccc(F)c(Cl)c4)C3)ccc2N1. The predicted octanol–water partition coefficient (Wildman–Crippen LogP) is 3.34. The first-order valence-electron chi connectivity index (χ1n) is 9.39. The lowest BCUT2D eigenvalue weighted by atomic mass is 10.0. The molecular formula is C21H20ClFN2O4. The summed E-state index contributed by atoms with van der Waals surface area (Å²) in [6.45, 7) is 1.09. The molecule has 152 valence electrons. The first kappa shape index (κ1) is 19.7. The van der Waals surface area contributed by atoms with Crippen molar-refractivity contribution in [1.82, 2.24) is 4.90 Å². The number of amides is 2. The summed E-state index contributed by atoms with van der Waals surface area (Å²) in [4.78, 5) is 25.7. The van der Waals surface area contributed by atoms with Gasteiger partial charge in [0.1, 0.15) is 17.7 Å². The van der Waals surface area contributed by atoms with Crippen LogP contribution in [-0.2, 0) is 20.7 Å². The number of rotatable bonds is 4. The van der Waals surface area contributed by atoms with E-state index in [9.17, 15) is 14.0 Å². The second kappa shape index (κ2) is 8.39. The fourth-order valence-electron chi connectivity index (χ4n) is 3.48. The van der Waals surface area contributed by atoms with Gasteiger partial charge in [-0.1, -0.05) is 17.7 Å². The molecule has 2 aromatic carbocycles. The molecule has 0 bridgehead atoms. The van der Waals surface area contributed by atoms with Gasteiger partial charge in [0.25, 0.3) is 5.91 Å². The molecule has 1 unspecified atom stereocenters. The van der Waals surface area contributed by atoms with Crippen molar-refractivity contribution in [3.8, 4) is 5.75 Å². The molecule has 1 atom stereocenters. The number of ether oxygens (including phenoxy) is 2. The molecule has 2 aliphatic heterocycles. The van der Waals surface area contributed by atoms with Crippen molar-refractivity contribution >= 4 is 29.1 Å². The Morgan fingerprint density at radius 1 is 1.28 bits per heavy atom. The van der Waals surface area contributed by atoms with E-state index in [-0.39, 0.29) is 29.5 Å². The number of aryl methyl sites for hydroxylation is 1. The van der Waals surface area contributed by atoms with E-state index in [0.29, 0.717) is 38.3 Å². The van der Waals surface area contributed by atoms with Crippen LogP contribution in [0.15, 0.2) is 36.4 Å². The van der Waals surface area contributed by atoms with Gasteiger partial charge < -0.3 is 19.7 Å². The third-order valence-electron chi connectivity index (χ3n) is 5.07. The average molecular weight is 419 g/mol. The molecule has 8 heteroatoms.